The monoisotopic (exact) mass is 532 g/mol. The van der Waals surface area contributed by atoms with Crippen molar-refractivity contribution in [3.05, 3.63) is 113 Å². The number of nitrogens with two attached hydrogens (primary N) is 1. The molecule has 3 aromatic carbocycles. The van der Waals surface area contributed by atoms with Crippen molar-refractivity contribution in [1.82, 2.24) is 10.4 Å². The van der Waals surface area contributed by atoms with Gasteiger partial charge in [-0.1, -0.05) is 84.6 Å². The SMILES string of the molecule is COc1ccc(C2SC(N/N=C(\C)c3c(C)[nH]c(-c4ccccc4)c3-c3ccccc3)=NC(N)=C2C#N)cc1. The second-order valence-electron chi connectivity index (χ2n) is 9.01. The van der Waals surface area contributed by atoms with Crippen LogP contribution in [0.3, 0.4) is 0 Å². The molecule has 4 aromatic rings. The van der Waals surface area contributed by atoms with E-state index in [0.717, 1.165) is 50.7 Å². The molecule has 4 N–H and O–H groups in total. The Kier molecular flexibility index (Phi) is 7.53. The number of aromatic nitrogens is 1. The maximum atomic E-state index is 9.77. The Hall–Kier alpha value is -4.74. The molecule has 5 rings (SSSR count). The van der Waals surface area contributed by atoms with Gasteiger partial charge in [-0.05, 0) is 42.7 Å². The van der Waals surface area contributed by atoms with E-state index in [1.54, 1.807) is 7.11 Å². The molecule has 1 atom stereocenters. The molecule has 0 radical (unpaired) electrons. The van der Waals surface area contributed by atoms with Gasteiger partial charge in [-0.3, -0.25) is 5.43 Å². The first-order chi connectivity index (χ1) is 19.0. The maximum Gasteiger partial charge on any atom is 0.184 e. The van der Waals surface area contributed by atoms with Crippen molar-refractivity contribution in [3.63, 3.8) is 0 Å². The Bertz CT molecular complexity index is 1610. The summed E-state index contributed by atoms with van der Waals surface area (Å²) < 4.78 is 5.28. The minimum absolute atomic E-state index is 0.182. The Morgan fingerprint density at radius 1 is 1.03 bits per heavy atom. The number of aromatic amines is 1. The summed E-state index contributed by atoms with van der Waals surface area (Å²) in [5.74, 6) is 0.926. The van der Waals surface area contributed by atoms with Gasteiger partial charge < -0.3 is 15.5 Å². The Morgan fingerprint density at radius 2 is 1.67 bits per heavy atom. The Morgan fingerprint density at radius 3 is 2.28 bits per heavy atom. The van der Waals surface area contributed by atoms with Gasteiger partial charge in [0, 0.05) is 16.8 Å². The lowest BCUT2D eigenvalue weighted by Crippen LogP contribution is -2.23. The number of thioether (sulfide) groups is 1. The maximum absolute atomic E-state index is 9.77. The molecule has 1 unspecified atom stereocenters. The topological polar surface area (TPSA) is 112 Å². The standard InChI is InChI=1S/C31H28N6OS/c1-19-26(27(21-10-6-4-7-11-21)28(34-19)22-12-8-5-9-13-22)20(2)36-37-31-35-30(33)25(18-32)29(39-31)23-14-16-24(38-3)17-15-23/h4-17,29,34H,33H2,1-3H3,(H,35,37)/b36-20+. The van der Waals surface area contributed by atoms with Crippen LogP contribution in [-0.2, 0) is 0 Å². The zero-order chi connectivity index (χ0) is 27.4. The summed E-state index contributed by atoms with van der Waals surface area (Å²) in [4.78, 5) is 8.02. The fourth-order valence-electron chi connectivity index (χ4n) is 4.66. The number of methoxy groups -OCH3 is 1. The van der Waals surface area contributed by atoms with E-state index in [1.807, 2.05) is 67.6 Å². The summed E-state index contributed by atoms with van der Waals surface area (Å²) in [6.45, 7) is 4.03. The van der Waals surface area contributed by atoms with Gasteiger partial charge in [0.2, 0.25) is 0 Å². The molecule has 0 saturated carbocycles. The number of hydrazone groups is 1. The first-order valence-electron chi connectivity index (χ1n) is 12.4. The Balaban J connectivity index is 1.49. The molecule has 0 spiro atoms. The molecule has 2 heterocycles. The lowest BCUT2D eigenvalue weighted by molar-refractivity contribution is 0.414. The number of nitrogens with zero attached hydrogens (tertiary/aromatic N) is 3. The van der Waals surface area contributed by atoms with Crippen molar-refractivity contribution in [3.8, 4) is 34.2 Å². The van der Waals surface area contributed by atoms with E-state index in [1.165, 1.54) is 11.8 Å². The highest BCUT2D eigenvalue weighted by molar-refractivity contribution is 8.14. The molecule has 0 aliphatic carbocycles. The van der Waals surface area contributed by atoms with Crippen molar-refractivity contribution in [1.29, 1.82) is 5.26 Å². The molecular weight excluding hydrogens is 504 g/mol. The van der Waals surface area contributed by atoms with Gasteiger partial charge in [0.25, 0.3) is 0 Å². The fourth-order valence-corrected chi connectivity index (χ4v) is 5.72. The van der Waals surface area contributed by atoms with Gasteiger partial charge in [0.1, 0.15) is 17.6 Å². The Labute approximate surface area is 232 Å². The number of aliphatic imine (C=N–C) groups is 1. The highest BCUT2D eigenvalue weighted by Crippen LogP contribution is 2.41. The van der Waals surface area contributed by atoms with Gasteiger partial charge in [-0.25, -0.2) is 4.99 Å². The summed E-state index contributed by atoms with van der Waals surface area (Å²) in [6, 6.07) is 30.4. The smallest absolute Gasteiger partial charge is 0.184 e. The molecule has 7 nitrogen and oxygen atoms in total. The second kappa shape index (κ2) is 11.3. The highest BCUT2D eigenvalue weighted by Gasteiger charge is 2.27. The number of amidine groups is 1. The zero-order valence-corrected chi connectivity index (χ0v) is 22.7. The zero-order valence-electron chi connectivity index (χ0n) is 21.9. The summed E-state index contributed by atoms with van der Waals surface area (Å²) in [5, 5.41) is 14.7. The lowest BCUT2D eigenvalue weighted by atomic mass is 9.95. The van der Waals surface area contributed by atoms with E-state index in [0.29, 0.717) is 10.7 Å². The largest absolute Gasteiger partial charge is 0.497 e. The van der Waals surface area contributed by atoms with Gasteiger partial charge in [-0.15, -0.1) is 0 Å². The van der Waals surface area contributed by atoms with Gasteiger partial charge in [0.15, 0.2) is 5.17 Å². The predicted molar refractivity (Wildman–Crippen MR) is 159 cm³/mol. The molecule has 194 valence electrons. The van der Waals surface area contributed by atoms with Crippen LogP contribution in [0.1, 0.15) is 29.0 Å². The molecule has 1 aromatic heterocycles. The number of nitrogens with one attached hydrogen (secondary N) is 2. The van der Waals surface area contributed by atoms with Crippen LogP contribution in [0, 0.1) is 18.3 Å². The van der Waals surface area contributed by atoms with Crippen LogP contribution >= 0.6 is 11.8 Å². The third kappa shape index (κ3) is 5.31. The number of benzene rings is 3. The molecule has 0 saturated heterocycles. The molecule has 39 heavy (non-hydrogen) atoms. The number of H-pyrrole nitrogens is 1. The quantitative estimate of drug-likeness (QED) is 0.193. The fraction of sp³-hybridized carbons (Fsp3) is 0.129. The molecule has 1 aliphatic heterocycles. The third-order valence-electron chi connectivity index (χ3n) is 6.52. The number of rotatable bonds is 6. The molecule has 0 fully saturated rings. The number of hydrogen-bond donors (Lipinski definition) is 3. The average molecular weight is 533 g/mol. The third-order valence-corrected chi connectivity index (χ3v) is 7.67. The minimum atomic E-state index is -0.310. The minimum Gasteiger partial charge on any atom is -0.497 e. The van der Waals surface area contributed by atoms with Crippen molar-refractivity contribution >= 4 is 22.6 Å². The van der Waals surface area contributed by atoms with Crippen LogP contribution < -0.4 is 15.9 Å². The van der Waals surface area contributed by atoms with Gasteiger partial charge >= 0.3 is 0 Å². The van der Waals surface area contributed by atoms with E-state index < -0.39 is 0 Å². The molecule has 1 aliphatic rings. The first kappa shape index (κ1) is 25.9. The second-order valence-corrected chi connectivity index (χ2v) is 10.1. The predicted octanol–water partition coefficient (Wildman–Crippen LogP) is 6.52. The summed E-state index contributed by atoms with van der Waals surface area (Å²) >= 11 is 1.40. The molecule has 8 heteroatoms. The summed E-state index contributed by atoms with van der Waals surface area (Å²) in [6.07, 6.45) is 0. The van der Waals surface area contributed by atoms with E-state index >= 15 is 0 Å². The highest BCUT2D eigenvalue weighted by atomic mass is 32.2. The van der Waals surface area contributed by atoms with Gasteiger partial charge in [0.05, 0.1) is 29.3 Å². The normalized spacial score (nSPS) is 15.5. The van der Waals surface area contributed by atoms with Crippen LogP contribution in [0.15, 0.2) is 106 Å². The summed E-state index contributed by atoms with van der Waals surface area (Å²) in [5.41, 5.74) is 17.8. The number of aryl methyl sites for hydroxylation is 1. The van der Waals surface area contributed by atoms with Gasteiger partial charge in [-0.2, -0.15) is 10.4 Å². The number of hydrogen-bond acceptors (Lipinski definition) is 7. The van der Waals surface area contributed by atoms with E-state index in [-0.39, 0.29) is 11.1 Å². The van der Waals surface area contributed by atoms with Crippen LogP contribution in [0.5, 0.6) is 5.75 Å². The summed E-state index contributed by atoms with van der Waals surface area (Å²) in [7, 11) is 1.62. The number of nitriles is 1. The van der Waals surface area contributed by atoms with Crippen molar-refractivity contribution in [2.24, 2.45) is 15.8 Å². The van der Waals surface area contributed by atoms with Crippen molar-refractivity contribution < 1.29 is 4.74 Å². The lowest BCUT2D eigenvalue weighted by Gasteiger charge is -2.22. The van der Waals surface area contributed by atoms with Crippen LogP contribution in [0.25, 0.3) is 22.4 Å². The molecule has 0 bridgehead atoms. The van der Waals surface area contributed by atoms with Crippen molar-refractivity contribution in [2.75, 3.05) is 7.11 Å². The van der Waals surface area contributed by atoms with Crippen molar-refractivity contribution in [2.45, 2.75) is 19.1 Å². The van der Waals surface area contributed by atoms with Crippen LogP contribution in [-0.4, -0.2) is 23.0 Å². The molecule has 0 amide bonds. The van der Waals surface area contributed by atoms with E-state index in [4.69, 9.17) is 15.6 Å². The van der Waals surface area contributed by atoms with E-state index in [9.17, 15) is 5.26 Å². The van der Waals surface area contributed by atoms with Crippen LogP contribution in [0.4, 0.5) is 0 Å². The van der Waals surface area contributed by atoms with Crippen LogP contribution in [0.2, 0.25) is 0 Å². The average Bonchev–Trinajstić information content (AvgIpc) is 3.33. The number of ether oxygens (including phenoxy) is 1. The first-order valence-corrected chi connectivity index (χ1v) is 13.3. The van der Waals surface area contributed by atoms with E-state index in [2.05, 4.69) is 52.7 Å². The molecular formula is C31H28N6OS.